The highest BCUT2D eigenvalue weighted by molar-refractivity contribution is 7.86. The lowest BCUT2D eigenvalue weighted by molar-refractivity contribution is -0.145. The first-order valence-electron chi connectivity index (χ1n) is 16.7. The number of carbonyl (C=O) groups excluding carboxylic acids is 5. The minimum atomic E-state index is -3.66. The van der Waals surface area contributed by atoms with Crippen LogP contribution in [0.4, 0.5) is 4.79 Å². The molecule has 47 heavy (non-hydrogen) atoms. The quantitative estimate of drug-likeness (QED) is 0.232. The molecule has 5 amide bonds. The van der Waals surface area contributed by atoms with Crippen LogP contribution >= 0.6 is 0 Å². The average Bonchev–Trinajstić information content (AvgIpc) is 3.79. The molecule has 4 fully saturated rings. The molecule has 15 heteroatoms. The topological polar surface area (TPSA) is 191 Å². The van der Waals surface area contributed by atoms with Crippen molar-refractivity contribution in [2.24, 2.45) is 39.7 Å². The number of ketones is 1. The zero-order chi connectivity index (χ0) is 35.4. The van der Waals surface area contributed by atoms with E-state index in [0.29, 0.717) is 32.5 Å². The number of hydrogen-bond donors (Lipinski definition) is 4. The second-order valence-corrected chi connectivity index (χ2v) is 18.8. The Labute approximate surface area is 279 Å². The molecule has 2 unspecified atom stereocenters. The molecule has 2 saturated carbocycles. The molecule has 0 bridgehead atoms. The van der Waals surface area contributed by atoms with Crippen molar-refractivity contribution in [2.45, 2.75) is 105 Å². The normalized spacial score (nSPS) is 27.6. The van der Waals surface area contributed by atoms with Crippen LogP contribution in [-0.4, -0.2) is 109 Å². The van der Waals surface area contributed by atoms with E-state index < -0.39 is 74.7 Å². The minimum absolute atomic E-state index is 0.0558. The van der Waals surface area contributed by atoms with Crippen molar-refractivity contribution in [3.05, 3.63) is 0 Å². The zero-order valence-corrected chi connectivity index (χ0v) is 30.2. The highest BCUT2D eigenvalue weighted by Gasteiger charge is 2.70. The molecule has 2 saturated heterocycles. The number of carbonyl (C=O) groups is 5. The van der Waals surface area contributed by atoms with Crippen LogP contribution in [0.25, 0.3) is 0 Å². The third kappa shape index (κ3) is 7.93. The Morgan fingerprint density at radius 2 is 1.55 bits per heavy atom. The Kier molecular flexibility index (Phi) is 10.2. The summed E-state index contributed by atoms with van der Waals surface area (Å²) in [6.45, 7) is 16.4. The number of hydrogen-bond acceptors (Lipinski definition) is 7. The number of nitrogens with one attached hydrogen (secondary N) is 3. The van der Waals surface area contributed by atoms with E-state index in [4.69, 9.17) is 5.73 Å². The molecular formula is C32H55N7O7S. The minimum Gasteiger partial charge on any atom is -0.363 e. The highest BCUT2D eigenvalue weighted by Crippen LogP contribution is 2.65. The van der Waals surface area contributed by atoms with Crippen LogP contribution in [0.5, 0.6) is 0 Å². The van der Waals surface area contributed by atoms with E-state index in [2.05, 4.69) is 16.0 Å². The number of Topliss-reactive ketones (excluding diaryl/α,β-unsaturated/α-hetero) is 1. The number of primary amides is 1. The summed E-state index contributed by atoms with van der Waals surface area (Å²) in [5.41, 5.74) is 3.81. The van der Waals surface area contributed by atoms with Crippen LogP contribution in [0.3, 0.4) is 0 Å². The van der Waals surface area contributed by atoms with Crippen molar-refractivity contribution in [1.82, 2.24) is 29.5 Å². The van der Waals surface area contributed by atoms with Gasteiger partial charge < -0.3 is 26.6 Å². The molecule has 14 nitrogen and oxygen atoms in total. The lowest BCUT2D eigenvalue weighted by Crippen LogP contribution is -2.63. The average molecular weight is 682 g/mol. The van der Waals surface area contributed by atoms with Crippen molar-refractivity contribution in [3.63, 3.8) is 0 Å². The van der Waals surface area contributed by atoms with Gasteiger partial charge >= 0.3 is 6.03 Å². The smallest absolute Gasteiger partial charge is 0.315 e. The van der Waals surface area contributed by atoms with Crippen molar-refractivity contribution < 1.29 is 32.4 Å². The molecule has 5 N–H and O–H groups in total. The predicted molar refractivity (Wildman–Crippen MR) is 176 cm³/mol. The van der Waals surface area contributed by atoms with E-state index >= 15 is 0 Å². The van der Waals surface area contributed by atoms with Gasteiger partial charge in [-0.25, -0.2) is 4.79 Å². The molecule has 0 spiro atoms. The summed E-state index contributed by atoms with van der Waals surface area (Å²) >= 11 is 0. The number of nitrogens with zero attached hydrogens (tertiary/aromatic N) is 3. The first kappa shape index (κ1) is 37.0. The van der Waals surface area contributed by atoms with E-state index in [1.54, 1.807) is 0 Å². The van der Waals surface area contributed by atoms with Gasteiger partial charge in [-0.1, -0.05) is 68.2 Å². The Morgan fingerprint density at radius 3 is 2.09 bits per heavy atom. The molecule has 266 valence electrons. The Hall–Kier alpha value is -2.78. The van der Waals surface area contributed by atoms with Gasteiger partial charge in [-0.05, 0) is 46.8 Å². The number of urea groups is 1. The third-order valence-corrected chi connectivity index (χ3v) is 12.6. The Morgan fingerprint density at radius 1 is 0.936 bits per heavy atom. The molecule has 4 rings (SSSR count). The van der Waals surface area contributed by atoms with Gasteiger partial charge in [0.1, 0.15) is 12.1 Å². The summed E-state index contributed by atoms with van der Waals surface area (Å²) in [6.07, 6.45) is 2.81. The lowest BCUT2D eigenvalue weighted by Gasteiger charge is -2.40. The number of likely N-dealkylation sites (tertiary alicyclic amines) is 1. The van der Waals surface area contributed by atoms with E-state index in [-0.39, 0.29) is 29.7 Å². The molecule has 0 aromatic heterocycles. The summed E-state index contributed by atoms with van der Waals surface area (Å²) in [5.74, 6) is -2.76. The highest BCUT2D eigenvalue weighted by atomic mass is 32.2. The molecule has 2 aliphatic heterocycles. The van der Waals surface area contributed by atoms with Crippen LogP contribution in [0.15, 0.2) is 0 Å². The number of piperidine rings is 1. The monoisotopic (exact) mass is 681 g/mol. The van der Waals surface area contributed by atoms with Crippen LogP contribution in [0.1, 0.15) is 81.1 Å². The van der Waals surface area contributed by atoms with E-state index in [9.17, 15) is 32.4 Å². The van der Waals surface area contributed by atoms with Crippen molar-refractivity contribution in [3.8, 4) is 0 Å². The number of amides is 5. The standard InChI is InChI=1S/C32H55N7O7S/c1-30(2,3)21(17-38-14-10-13-37(9)47(38,45)46)35-29(44)36-25(31(4,5)6)28(43)39-16-19-22(32(19,7)8)23(39)27(42)34-20(15-18-11-12-18)24(40)26(33)41/h18-23,25H,10-17H2,1-9H3,(H2,33,41)(H,34,42)(H2,35,36,44)/t19-,20?,21+,22-,23?,25+/m0/s1. The van der Waals surface area contributed by atoms with Crippen molar-refractivity contribution in [2.75, 3.05) is 33.2 Å². The molecule has 4 aliphatic rings. The van der Waals surface area contributed by atoms with E-state index in [1.807, 2.05) is 55.4 Å². The van der Waals surface area contributed by atoms with Gasteiger partial charge in [0.15, 0.2) is 0 Å². The second-order valence-electron chi connectivity index (χ2n) is 16.7. The summed E-state index contributed by atoms with van der Waals surface area (Å²) in [7, 11) is -2.13. The van der Waals surface area contributed by atoms with Crippen molar-refractivity contribution in [1.29, 1.82) is 0 Å². The molecule has 6 atom stereocenters. The first-order valence-corrected chi connectivity index (χ1v) is 18.1. The first-order chi connectivity index (χ1) is 21.5. The van der Waals surface area contributed by atoms with Gasteiger partial charge in [0.05, 0.1) is 6.04 Å². The largest absolute Gasteiger partial charge is 0.363 e. The second kappa shape index (κ2) is 12.9. The Balaban J connectivity index is 1.52. The van der Waals surface area contributed by atoms with E-state index in [0.717, 1.165) is 12.8 Å². The number of rotatable bonds is 11. The predicted octanol–water partition coefficient (Wildman–Crippen LogP) is 0.820. The van der Waals surface area contributed by atoms with Gasteiger partial charge in [0, 0.05) is 39.3 Å². The van der Waals surface area contributed by atoms with Gasteiger partial charge in [-0.15, -0.1) is 0 Å². The molecule has 2 heterocycles. The summed E-state index contributed by atoms with van der Waals surface area (Å²) in [4.78, 5) is 67.7. The summed E-state index contributed by atoms with van der Waals surface area (Å²) < 4.78 is 28.6. The fourth-order valence-corrected chi connectivity index (χ4v) is 8.58. The lowest BCUT2D eigenvalue weighted by atomic mass is 9.85. The van der Waals surface area contributed by atoms with Crippen molar-refractivity contribution >= 4 is 39.7 Å². The Bertz CT molecular complexity index is 1380. The van der Waals surface area contributed by atoms with Crippen LogP contribution in [-0.2, 0) is 29.4 Å². The number of fused-ring (bicyclic) bond motifs is 1. The summed E-state index contributed by atoms with van der Waals surface area (Å²) in [5, 5.41) is 8.55. The maximum Gasteiger partial charge on any atom is 0.315 e. The molecule has 0 aromatic rings. The van der Waals surface area contributed by atoms with Gasteiger partial charge in [-0.2, -0.15) is 17.0 Å². The molecule has 0 aromatic carbocycles. The fourth-order valence-electron chi connectivity index (χ4n) is 7.13. The molecule has 0 radical (unpaired) electrons. The maximum atomic E-state index is 14.3. The third-order valence-electron chi connectivity index (χ3n) is 10.6. The van der Waals surface area contributed by atoms with Gasteiger partial charge in [-0.3, -0.25) is 19.2 Å². The molecular weight excluding hydrogens is 626 g/mol. The van der Waals surface area contributed by atoms with Gasteiger partial charge in [0.25, 0.3) is 16.1 Å². The zero-order valence-electron chi connectivity index (χ0n) is 29.4. The van der Waals surface area contributed by atoms with Gasteiger partial charge in [0.2, 0.25) is 17.6 Å². The SMILES string of the molecule is CN1CCCN(C[C@@H](NC(=O)N[C@H](C(=O)N2C[C@H]3[C@@H](C2C(=O)NC(CC2CC2)C(=O)C(N)=O)C3(C)C)C(C)(C)C)C(C)(C)C)S1(=O)=O. The summed E-state index contributed by atoms with van der Waals surface area (Å²) in [6, 6.07) is -4.17. The maximum absolute atomic E-state index is 14.3. The van der Waals surface area contributed by atoms with Crippen LogP contribution in [0.2, 0.25) is 0 Å². The van der Waals surface area contributed by atoms with Crippen LogP contribution < -0.4 is 21.7 Å². The number of nitrogens with two attached hydrogens (primary N) is 1. The molecule has 2 aliphatic carbocycles. The fraction of sp³-hybridized carbons (Fsp3) is 0.844. The van der Waals surface area contributed by atoms with E-state index in [1.165, 1.54) is 20.6 Å². The van der Waals surface area contributed by atoms with Crippen LogP contribution in [0, 0.1) is 34.0 Å².